The Labute approximate surface area is 79.5 Å². The molecule has 6 nitrogen and oxygen atoms in total. The molecule has 0 aromatic heterocycles. The van der Waals surface area contributed by atoms with Gasteiger partial charge in [-0.2, -0.15) is 0 Å². The second-order valence-electron chi connectivity index (χ2n) is 0.787. The van der Waals surface area contributed by atoms with Crippen LogP contribution in [-0.2, 0) is 22.4 Å². The third-order valence-electron chi connectivity index (χ3n) is 0.250. The van der Waals surface area contributed by atoms with Gasteiger partial charge in [-0.1, -0.05) is 0 Å². The molecule has 0 spiro atoms. The first-order valence-electron chi connectivity index (χ1n) is 1.63. The van der Waals surface area contributed by atoms with Gasteiger partial charge in [0.15, 0.2) is 0 Å². The zero-order chi connectivity index (χ0) is 7.28. The van der Waals surface area contributed by atoms with Crippen molar-refractivity contribution >= 4 is 37.5 Å². The molecule has 8 heteroatoms. The van der Waals surface area contributed by atoms with E-state index in [1.165, 1.54) is 0 Å². The largest absolute Gasteiger partial charge is 2.00 e. The predicted molar refractivity (Wildman–Crippen MR) is 18.7 cm³/mol. The van der Waals surface area contributed by atoms with Gasteiger partial charge in [-0.3, -0.25) is 0 Å². The second kappa shape index (κ2) is 7.09. The molecule has 0 aromatic rings. The van der Waals surface area contributed by atoms with Gasteiger partial charge in [-0.15, -0.1) is 0 Å². The minimum absolute atomic E-state index is 0. The first-order chi connectivity index (χ1) is 4.13. The molecule has 3 radical (unpaired) electrons. The van der Waals surface area contributed by atoms with Crippen LogP contribution in [0.25, 0.3) is 0 Å². The maximum atomic E-state index is 9.50. The number of rotatable bonds is 0. The fourth-order valence-corrected chi connectivity index (χ4v) is 0.664. The summed E-state index contributed by atoms with van der Waals surface area (Å²) in [5.74, 6) is 0. The molecule has 1 fully saturated rings. The summed E-state index contributed by atoms with van der Waals surface area (Å²) in [5, 5.41) is 16.7. The van der Waals surface area contributed by atoms with E-state index in [0.717, 1.165) is 0 Å². The van der Waals surface area contributed by atoms with Gasteiger partial charge in [0.05, 0.1) is 0 Å². The molecular formula is C2CuO6Pb. The Hall–Kier alpha value is -0.0184. The zero-order valence-electron chi connectivity index (χ0n) is 4.25. The van der Waals surface area contributed by atoms with Gasteiger partial charge in [-0.25, -0.2) is 0 Å². The minimum atomic E-state index is -2.33. The molecular weight excluding hydrogens is 391 g/mol. The Morgan fingerprint density at radius 2 is 1.60 bits per heavy atom. The van der Waals surface area contributed by atoms with Crippen LogP contribution in [0.1, 0.15) is 0 Å². The molecule has 0 aliphatic carbocycles. The molecule has 0 bridgehead atoms. The van der Waals surface area contributed by atoms with Crippen LogP contribution in [-0.4, -0.2) is 37.5 Å². The SMILES string of the molecule is O=C([O-])[O-].O=C1[O][Pb][O]1.[Cu+2]. The Bertz CT molecular complexity index is 115. The number of carbonyl (C=O) groups is 2. The molecule has 0 amide bonds. The van der Waals surface area contributed by atoms with Gasteiger partial charge in [0.25, 0.3) is 0 Å². The van der Waals surface area contributed by atoms with E-state index in [4.69, 9.17) is 15.0 Å². The summed E-state index contributed by atoms with van der Waals surface area (Å²) in [6.45, 7) is 0. The monoisotopic (exact) mass is 391 g/mol. The van der Waals surface area contributed by atoms with Crippen molar-refractivity contribution in [3.8, 4) is 0 Å². The zero-order valence-corrected chi connectivity index (χ0v) is 9.08. The van der Waals surface area contributed by atoms with Crippen LogP contribution < -0.4 is 10.2 Å². The summed E-state index contributed by atoms with van der Waals surface area (Å²) in [6.07, 6.45) is -2.81. The van der Waals surface area contributed by atoms with Gasteiger partial charge in [0.2, 0.25) is 0 Å². The summed E-state index contributed by atoms with van der Waals surface area (Å²) in [7, 11) is 0. The van der Waals surface area contributed by atoms with Crippen LogP contribution in [0.15, 0.2) is 0 Å². The van der Waals surface area contributed by atoms with Crippen LogP contribution in [0.4, 0.5) is 9.59 Å². The molecule has 59 valence electrons. The Morgan fingerprint density at radius 1 is 1.40 bits per heavy atom. The quantitative estimate of drug-likeness (QED) is 0.415. The molecule has 1 rings (SSSR count). The van der Waals surface area contributed by atoms with Crippen molar-refractivity contribution < 1.29 is 42.2 Å². The van der Waals surface area contributed by atoms with Crippen LogP contribution in [0.5, 0.6) is 0 Å². The van der Waals surface area contributed by atoms with E-state index in [2.05, 4.69) is 5.37 Å². The van der Waals surface area contributed by atoms with Crippen LogP contribution >= 0.6 is 0 Å². The van der Waals surface area contributed by atoms with Gasteiger partial charge < -0.3 is 15.0 Å². The van der Waals surface area contributed by atoms with E-state index >= 15 is 0 Å². The standard InChI is InChI=1S/2CH2O3.Cu.Pb/c2*2-1(3)4;;/h2*(H2,2,3,4);;/q;;2*+2/p-4. The van der Waals surface area contributed by atoms with Crippen LogP contribution in [0, 0.1) is 0 Å². The summed E-state index contributed by atoms with van der Waals surface area (Å²) in [4.78, 5) is 17.8. The van der Waals surface area contributed by atoms with Crippen molar-refractivity contribution in [2.24, 2.45) is 0 Å². The Balaban J connectivity index is 0. The van der Waals surface area contributed by atoms with E-state index < -0.39 is 37.5 Å². The van der Waals surface area contributed by atoms with Crippen molar-refractivity contribution in [2.75, 3.05) is 0 Å². The average Bonchev–Trinajstić information content (AvgIpc) is 1.59. The predicted octanol–water partition coefficient (Wildman–Crippen LogP) is -2.76. The van der Waals surface area contributed by atoms with Crippen molar-refractivity contribution in [2.45, 2.75) is 0 Å². The summed E-state index contributed by atoms with van der Waals surface area (Å²) >= 11 is -1.16. The average molecular weight is 391 g/mol. The molecule has 0 saturated carbocycles. The van der Waals surface area contributed by atoms with Crippen LogP contribution in [0.3, 0.4) is 0 Å². The summed E-state index contributed by atoms with van der Waals surface area (Å²) < 4.78 is 8.53. The maximum absolute atomic E-state index is 9.50. The maximum Gasteiger partial charge on any atom is 2.00 e. The van der Waals surface area contributed by atoms with Gasteiger partial charge in [0.1, 0.15) is 0 Å². The molecule has 1 heterocycles. The fraction of sp³-hybridized carbons (Fsp3) is 0. The normalized spacial score (nSPS) is 11.8. The van der Waals surface area contributed by atoms with Gasteiger partial charge in [-0.05, 0) is 6.16 Å². The molecule has 0 aromatic carbocycles. The number of carbonyl (C=O) groups excluding carboxylic acids is 2. The molecule has 0 N–H and O–H groups in total. The van der Waals surface area contributed by atoms with Crippen molar-refractivity contribution in [3.05, 3.63) is 0 Å². The van der Waals surface area contributed by atoms with Crippen molar-refractivity contribution in [1.29, 1.82) is 0 Å². The molecule has 1 saturated heterocycles. The van der Waals surface area contributed by atoms with E-state index in [-0.39, 0.29) is 17.1 Å². The smallest absolute Gasteiger partial charge is 2.00 e. The van der Waals surface area contributed by atoms with Gasteiger partial charge in [0, 0.05) is 0 Å². The number of hydrogen-bond acceptors (Lipinski definition) is 6. The fourth-order valence-electron chi connectivity index (χ4n) is 0.0757. The third kappa shape index (κ3) is 10.9. The van der Waals surface area contributed by atoms with Crippen molar-refractivity contribution in [1.82, 2.24) is 0 Å². The van der Waals surface area contributed by atoms with E-state index in [1.54, 1.807) is 0 Å². The summed E-state index contributed by atoms with van der Waals surface area (Å²) in [6, 6.07) is 0. The topological polar surface area (TPSA) is 98.7 Å². The number of hydrogen-bond donors (Lipinski definition) is 0. The molecule has 0 atom stereocenters. The van der Waals surface area contributed by atoms with Crippen LogP contribution in [0.2, 0.25) is 0 Å². The first kappa shape index (κ1) is 12.6. The molecule has 0 unspecified atom stereocenters. The van der Waals surface area contributed by atoms with E-state index in [9.17, 15) is 4.79 Å². The van der Waals surface area contributed by atoms with E-state index in [1.807, 2.05) is 0 Å². The molecule has 10 heavy (non-hydrogen) atoms. The summed E-state index contributed by atoms with van der Waals surface area (Å²) in [5.41, 5.74) is 0. The molecule has 1 aliphatic heterocycles. The number of carboxylic acid groups (broad SMARTS) is 2. The van der Waals surface area contributed by atoms with Gasteiger partial charge >= 0.3 is 58.5 Å². The van der Waals surface area contributed by atoms with Crippen molar-refractivity contribution in [3.63, 3.8) is 0 Å². The first-order valence-corrected chi connectivity index (χ1v) is 4.81. The Kier molecular flexibility index (Phi) is 8.96. The second-order valence-corrected chi connectivity index (χ2v) is 3.02. The Morgan fingerprint density at radius 3 is 1.60 bits per heavy atom. The minimum Gasteiger partial charge on any atom is 2.00 e. The third-order valence-corrected chi connectivity index (χ3v) is 2.19. The van der Waals surface area contributed by atoms with E-state index in [0.29, 0.717) is 0 Å². The molecule has 1 aliphatic rings.